The number of rotatable bonds is 25. The first kappa shape index (κ1) is 40.7. The molecular formula is C38H51NO10. The number of aliphatic hydroxyl groups is 1. The second-order valence-corrected chi connectivity index (χ2v) is 12.5. The smallest absolute Gasteiger partial charge is 0.337 e. The second kappa shape index (κ2) is 21.5. The van der Waals surface area contributed by atoms with Gasteiger partial charge >= 0.3 is 17.9 Å². The summed E-state index contributed by atoms with van der Waals surface area (Å²) in [5.41, 5.74) is -1.48. The Morgan fingerprint density at radius 3 is 2.04 bits per heavy atom. The summed E-state index contributed by atoms with van der Waals surface area (Å²) in [4.78, 5) is 61.2. The summed E-state index contributed by atoms with van der Waals surface area (Å²) >= 11 is 0. The maximum Gasteiger partial charge on any atom is 0.337 e. The quantitative estimate of drug-likeness (QED) is 0.0562. The number of ether oxygens (including phenoxy) is 1. The van der Waals surface area contributed by atoms with Crippen molar-refractivity contribution in [2.75, 3.05) is 0 Å². The number of Topliss-reactive ketones (excluding diaryl/α,β-unsaturated/α-hetero) is 1. The average molecular weight is 682 g/mol. The van der Waals surface area contributed by atoms with Crippen molar-refractivity contribution >= 4 is 29.6 Å². The van der Waals surface area contributed by atoms with Gasteiger partial charge in [-0.15, -0.1) is 0 Å². The molecule has 268 valence electrons. The monoisotopic (exact) mass is 681 g/mol. The van der Waals surface area contributed by atoms with Gasteiger partial charge in [0.05, 0.1) is 12.3 Å². The molecule has 3 unspecified atom stereocenters. The van der Waals surface area contributed by atoms with Gasteiger partial charge in [-0.1, -0.05) is 81.9 Å². The Balaban J connectivity index is 2.01. The summed E-state index contributed by atoms with van der Waals surface area (Å²) < 4.78 is 5.82. The lowest BCUT2D eigenvalue weighted by Crippen LogP contribution is -2.55. The number of aryl methyl sites for hydroxylation is 1. The molecule has 3 atom stereocenters. The molecule has 2 aromatic rings. The van der Waals surface area contributed by atoms with E-state index in [2.05, 4.69) is 12.2 Å². The van der Waals surface area contributed by atoms with Crippen molar-refractivity contribution < 1.29 is 49.1 Å². The zero-order chi connectivity index (χ0) is 36.2. The Bertz CT molecular complexity index is 1400. The molecule has 0 bridgehead atoms. The number of carbonyl (C=O) groups is 5. The molecule has 11 heteroatoms. The molecule has 0 heterocycles. The minimum Gasteiger partial charge on any atom is -0.481 e. The number of benzene rings is 2. The molecular weight excluding hydrogens is 630 g/mol. The van der Waals surface area contributed by atoms with Gasteiger partial charge in [-0.3, -0.25) is 14.4 Å². The van der Waals surface area contributed by atoms with Crippen LogP contribution in [0.3, 0.4) is 0 Å². The zero-order valence-electron chi connectivity index (χ0n) is 28.6. The van der Waals surface area contributed by atoms with Crippen LogP contribution < -0.4 is 10.1 Å². The van der Waals surface area contributed by atoms with Gasteiger partial charge in [0.2, 0.25) is 5.91 Å². The predicted octanol–water partition coefficient (Wildman–Crippen LogP) is 6.63. The van der Waals surface area contributed by atoms with Crippen LogP contribution >= 0.6 is 0 Å². The SMILES string of the molecule is CCCCCCCC(=O)CCCCCC/C=C/C(C(=O)NC(Cc1ccc(Oc2cccc(C)c2)cc1)C(=O)O)C(O)(CC(=O)O)C(=O)O. The van der Waals surface area contributed by atoms with Gasteiger partial charge in [-0.2, -0.15) is 0 Å². The number of hydrogen-bond donors (Lipinski definition) is 5. The van der Waals surface area contributed by atoms with Crippen molar-refractivity contribution in [3.8, 4) is 11.5 Å². The highest BCUT2D eigenvalue weighted by atomic mass is 16.5. The molecule has 0 aliphatic heterocycles. The standard InChI is InChI=1S/C38H51NO10/c1-3-4-5-8-11-16-29(40)17-12-9-6-7-10-13-19-32(38(48,37(46)47)26-34(41)42)35(43)39-33(36(44)45)25-28-20-22-30(23-21-28)49-31-18-14-15-27(2)24-31/h13-15,18-24,32-33,48H,3-12,16-17,25-26H2,1-2H3,(H,39,43)(H,41,42)(H,44,45)(H,46,47)/b19-13+. The fourth-order valence-corrected chi connectivity index (χ4v) is 5.44. The van der Waals surface area contributed by atoms with Crippen LogP contribution in [-0.2, 0) is 30.4 Å². The van der Waals surface area contributed by atoms with Gasteiger partial charge in [-0.25, -0.2) is 9.59 Å². The molecule has 0 aliphatic carbocycles. The highest BCUT2D eigenvalue weighted by Crippen LogP contribution is 2.26. The van der Waals surface area contributed by atoms with E-state index in [0.717, 1.165) is 56.6 Å². The average Bonchev–Trinajstić information content (AvgIpc) is 3.04. The Morgan fingerprint density at radius 1 is 0.837 bits per heavy atom. The number of unbranched alkanes of at least 4 members (excludes halogenated alkanes) is 8. The van der Waals surface area contributed by atoms with E-state index in [0.29, 0.717) is 42.7 Å². The summed E-state index contributed by atoms with van der Waals surface area (Å²) in [5.74, 6) is -6.59. The largest absolute Gasteiger partial charge is 0.481 e. The molecule has 11 nitrogen and oxygen atoms in total. The fraction of sp³-hybridized carbons (Fsp3) is 0.500. The second-order valence-electron chi connectivity index (χ2n) is 12.5. The van der Waals surface area contributed by atoms with Gasteiger partial charge < -0.3 is 30.5 Å². The molecule has 5 N–H and O–H groups in total. The zero-order valence-corrected chi connectivity index (χ0v) is 28.6. The first-order valence-corrected chi connectivity index (χ1v) is 17.1. The molecule has 2 rings (SSSR count). The summed E-state index contributed by atoms with van der Waals surface area (Å²) in [6, 6.07) is 12.5. The third-order valence-electron chi connectivity index (χ3n) is 8.26. The van der Waals surface area contributed by atoms with Crippen LogP contribution in [0.1, 0.15) is 102 Å². The van der Waals surface area contributed by atoms with E-state index in [1.54, 1.807) is 30.3 Å². The number of amides is 1. The molecule has 49 heavy (non-hydrogen) atoms. The van der Waals surface area contributed by atoms with Crippen LogP contribution in [0.4, 0.5) is 0 Å². The Kier molecular flexibility index (Phi) is 17.8. The lowest BCUT2D eigenvalue weighted by molar-refractivity contribution is -0.172. The molecule has 0 aromatic heterocycles. The number of ketones is 1. The van der Waals surface area contributed by atoms with E-state index in [-0.39, 0.29) is 12.2 Å². The Hall–Kier alpha value is -4.51. The highest BCUT2D eigenvalue weighted by Gasteiger charge is 2.49. The van der Waals surface area contributed by atoms with Crippen LogP contribution in [0.25, 0.3) is 0 Å². The Morgan fingerprint density at radius 2 is 1.47 bits per heavy atom. The number of carboxylic acid groups (broad SMARTS) is 3. The topological polar surface area (TPSA) is 188 Å². The predicted molar refractivity (Wildman–Crippen MR) is 185 cm³/mol. The van der Waals surface area contributed by atoms with Crippen molar-refractivity contribution in [3.05, 3.63) is 71.8 Å². The molecule has 0 saturated heterocycles. The number of hydrogen-bond acceptors (Lipinski definition) is 7. The summed E-state index contributed by atoms with van der Waals surface area (Å²) in [7, 11) is 0. The molecule has 0 aliphatic rings. The minimum absolute atomic E-state index is 0.173. The summed E-state index contributed by atoms with van der Waals surface area (Å²) in [6.07, 6.45) is 11.2. The molecule has 1 amide bonds. The molecule has 0 fully saturated rings. The van der Waals surface area contributed by atoms with Crippen molar-refractivity contribution in [2.24, 2.45) is 5.92 Å². The highest BCUT2D eigenvalue weighted by molar-refractivity contribution is 5.94. The van der Waals surface area contributed by atoms with Crippen LogP contribution in [0.15, 0.2) is 60.7 Å². The van der Waals surface area contributed by atoms with Gasteiger partial charge in [0.1, 0.15) is 23.3 Å². The van der Waals surface area contributed by atoms with Crippen molar-refractivity contribution in [3.63, 3.8) is 0 Å². The maximum absolute atomic E-state index is 13.4. The molecule has 0 spiro atoms. The third kappa shape index (κ3) is 15.1. The van der Waals surface area contributed by atoms with Crippen LogP contribution in [0.2, 0.25) is 0 Å². The lowest BCUT2D eigenvalue weighted by atomic mass is 9.82. The molecule has 2 aromatic carbocycles. The number of carbonyl (C=O) groups excluding carboxylic acids is 2. The molecule has 0 saturated carbocycles. The first-order chi connectivity index (χ1) is 23.3. The van der Waals surface area contributed by atoms with Crippen LogP contribution in [0.5, 0.6) is 11.5 Å². The van der Waals surface area contributed by atoms with Crippen LogP contribution in [-0.4, -0.2) is 61.7 Å². The van der Waals surface area contributed by atoms with Gasteiger partial charge in [0, 0.05) is 19.3 Å². The van der Waals surface area contributed by atoms with Crippen molar-refractivity contribution in [2.45, 2.75) is 115 Å². The van der Waals surface area contributed by atoms with Gasteiger partial charge in [0.15, 0.2) is 5.60 Å². The Labute approximate surface area is 288 Å². The summed E-state index contributed by atoms with van der Waals surface area (Å²) in [6.45, 7) is 4.08. The normalized spacial score (nSPS) is 13.7. The van der Waals surface area contributed by atoms with E-state index in [1.807, 2.05) is 25.1 Å². The third-order valence-corrected chi connectivity index (χ3v) is 8.26. The van der Waals surface area contributed by atoms with E-state index in [9.17, 15) is 44.4 Å². The van der Waals surface area contributed by atoms with E-state index in [1.165, 1.54) is 12.5 Å². The van der Waals surface area contributed by atoms with E-state index < -0.39 is 47.8 Å². The van der Waals surface area contributed by atoms with Crippen molar-refractivity contribution in [1.29, 1.82) is 0 Å². The number of aliphatic carboxylic acids is 3. The maximum atomic E-state index is 13.4. The van der Waals surface area contributed by atoms with E-state index in [4.69, 9.17) is 4.74 Å². The summed E-state index contributed by atoms with van der Waals surface area (Å²) in [5, 5.41) is 42.2. The van der Waals surface area contributed by atoms with Crippen molar-refractivity contribution in [1.82, 2.24) is 5.32 Å². The number of nitrogens with one attached hydrogen (secondary N) is 1. The lowest BCUT2D eigenvalue weighted by Gasteiger charge is -2.29. The van der Waals surface area contributed by atoms with Gasteiger partial charge in [-0.05, 0) is 68.0 Å². The van der Waals surface area contributed by atoms with Crippen LogP contribution in [0, 0.1) is 12.8 Å². The number of allylic oxidation sites excluding steroid dienone is 1. The molecule has 0 radical (unpaired) electrons. The van der Waals surface area contributed by atoms with Gasteiger partial charge in [0.25, 0.3) is 0 Å². The minimum atomic E-state index is -3.03. The fourth-order valence-electron chi connectivity index (χ4n) is 5.44. The number of carboxylic acids is 3. The first-order valence-electron chi connectivity index (χ1n) is 17.1. The van der Waals surface area contributed by atoms with E-state index >= 15 is 0 Å².